The van der Waals surface area contributed by atoms with Gasteiger partial charge < -0.3 is 19.5 Å². The second kappa shape index (κ2) is 8.80. The van der Waals surface area contributed by atoms with Crippen molar-refractivity contribution in [3.05, 3.63) is 52.6 Å². The average molecular weight is 371 g/mol. The molecular formula is C22H29NO4. The number of hydrogen-bond donors (Lipinski definition) is 1. The van der Waals surface area contributed by atoms with Crippen molar-refractivity contribution >= 4 is 5.91 Å². The predicted octanol–water partition coefficient (Wildman–Crippen LogP) is 4.27. The molecule has 5 heteroatoms. The highest BCUT2D eigenvalue weighted by Gasteiger charge is 2.21. The Balaban J connectivity index is 2.12. The van der Waals surface area contributed by atoms with Crippen molar-refractivity contribution in [1.29, 1.82) is 0 Å². The third kappa shape index (κ3) is 4.94. The fourth-order valence-corrected chi connectivity index (χ4v) is 2.95. The molecule has 0 saturated heterocycles. The molecule has 27 heavy (non-hydrogen) atoms. The summed E-state index contributed by atoms with van der Waals surface area (Å²) in [5.74, 6) is 1.96. The number of hydrogen-bond acceptors (Lipinski definition) is 4. The summed E-state index contributed by atoms with van der Waals surface area (Å²) in [5, 5.41) is 2.99. The van der Waals surface area contributed by atoms with Gasteiger partial charge in [0.1, 0.15) is 17.2 Å². The van der Waals surface area contributed by atoms with Gasteiger partial charge in [0, 0.05) is 5.56 Å². The number of rotatable bonds is 7. The minimum atomic E-state index is -0.621. The van der Waals surface area contributed by atoms with Crippen LogP contribution in [0.2, 0.25) is 0 Å². The van der Waals surface area contributed by atoms with Gasteiger partial charge in [-0.2, -0.15) is 0 Å². The summed E-state index contributed by atoms with van der Waals surface area (Å²) in [6.45, 7) is 9.71. The topological polar surface area (TPSA) is 56.8 Å². The smallest absolute Gasteiger partial charge is 0.261 e. The van der Waals surface area contributed by atoms with Crippen molar-refractivity contribution < 1.29 is 19.0 Å². The fourth-order valence-electron chi connectivity index (χ4n) is 2.95. The van der Waals surface area contributed by atoms with Gasteiger partial charge >= 0.3 is 0 Å². The SMILES string of the molecule is COc1ccc(OC)c(C(C)NC(=O)C(C)Oc2cc(C)cc(C)c2C)c1. The number of nitrogens with one attached hydrogen (secondary N) is 1. The highest BCUT2D eigenvalue weighted by Crippen LogP contribution is 2.29. The van der Waals surface area contributed by atoms with Gasteiger partial charge in [-0.05, 0) is 75.6 Å². The summed E-state index contributed by atoms with van der Waals surface area (Å²) in [4.78, 5) is 12.7. The lowest BCUT2D eigenvalue weighted by Gasteiger charge is -2.22. The lowest BCUT2D eigenvalue weighted by Crippen LogP contribution is -2.38. The summed E-state index contributed by atoms with van der Waals surface area (Å²) in [7, 11) is 3.21. The van der Waals surface area contributed by atoms with Gasteiger partial charge in [-0.1, -0.05) is 6.07 Å². The Kier molecular flexibility index (Phi) is 6.72. The zero-order valence-corrected chi connectivity index (χ0v) is 17.2. The number of ether oxygens (including phenoxy) is 3. The van der Waals surface area contributed by atoms with Crippen LogP contribution in [0.4, 0.5) is 0 Å². The first kappa shape index (κ1) is 20.6. The number of carbonyl (C=O) groups excluding carboxylic acids is 1. The van der Waals surface area contributed by atoms with E-state index in [1.54, 1.807) is 21.1 Å². The largest absolute Gasteiger partial charge is 0.497 e. The molecule has 1 amide bonds. The summed E-state index contributed by atoms with van der Waals surface area (Å²) >= 11 is 0. The zero-order chi connectivity index (χ0) is 20.1. The molecule has 2 aromatic carbocycles. The molecule has 0 aliphatic heterocycles. The van der Waals surface area contributed by atoms with E-state index < -0.39 is 6.10 Å². The van der Waals surface area contributed by atoms with E-state index in [2.05, 4.69) is 11.4 Å². The molecule has 1 N–H and O–H groups in total. The molecule has 0 heterocycles. The molecule has 0 aliphatic carbocycles. The Morgan fingerprint density at radius 2 is 1.67 bits per heavy atom. The molecule has 0 saturated carbocycles. The van der Waals surface area contributed by atoms with Crippen LogP contribution in [-0.2, 0) is 4.79 Å². The molecule has 0 radical (unpaired) electrons. The number of benzene rings is 2. The minimum Gasteiger partial charge on any atom is -0.497 e. The monoisotopic (exact) mass is 371 g/mol. The molecule has 2 aromatic rings. The Hall–Kier alpha value is -2.69. The average Bonchev–Trinajstić information content (AvgIpc) is 2.64. The van der Waals surface area contributed by atoms with Gasteiger partial charge in [-0.3, -0.25) is 4.79 Å². The summed E-state index contributed by atoms with van der Waals surface area (Å²) < 4.78 is 16.6. The minimum absolute atomic E-state index is 0.189. The van der Waals surface area contributed by atoms with E-state index in [1.165, 1.54) is 0 Å². The van der Waals surface area contributed by atoms with Crippen LogP contribution in [0.3, 0.4) is 0 Å². The van der Waals surface area contributed by atoms with Crippen molar-refractivity contribution in [2.24, 2.45) is 0 Å². The van der Waals surface area contributed by atoms with E-state index in [0.29, 0.717) is 11.5 Å². The molecule has 2 atom stereocenters. The highest BCUT2D eigenvalue weighted by atomic mass is 16.5. The van der Waals surface area contributed by atoms with Crippen LogP contribution in [0.1, 0.15) is 42.1 Å². The van der Waals surface area contributed by atoms with Crippen molar-refractivity contribution in [2.75, 3.05) is 14.2 Å². The third-order valence-corrected chi connectivity index (χ3v) is 4.70. The molecule has 0 bridgehead atoms. The first-order chi connectivity index (χ1) is 12.8. The normalized spacial score (nSPS) is 12.9. The zero-order valence-electron chi connectivity index (χ0n) is 17.2. The third-order valence-electron chi connectivity index (χ3n) is 4.70. The lowest BCUT2D eigenvalue weighted by atomic mass is 10.1. The van der Waals surface area contributed by atoms with Crippen LogP contribution in [0, 0.1) is 20.8 Å². The first-order valence-corrected chi connectivity index (χ1v) is 9.03. The van der Waals surface area contributed by atoms with Crippen LogP contribution in [0.25, 0.3) is 0 Å². The number of methoxy groups -OCH3 is 2. The number of aryl methyl sites for hydroxylation is 2. The molecule has 2 rings (SSSR count). The van der Waals surface area contributed by atoms with E-state index in [1.807, 2.05) is 52.0 Å². The quantitative estimate of drug-likeness (QED) is 0.789. The van der Waals surface area contributed by atoms with Crippen molar-refractivity contribution in [2.45, 2.75) is 46.8 Å². The molecule has 0 fully saturated rings. The van der Waals surface area contributed by atoms with Crippen LogP contribution in [-0.4, -0.2) is 26.2 Å². The lowest BCUT2D eigenvalue weighted by molar-refractivity contribution is -0.127. The molecule has 5 nitrogen and oxygen atoms in total. The van der Waals surface area contributed by atoms with Gasteiger partial charge in [0.25, 0.3) is 5.91 Å². The van der Waals surface area contributed by atoms with Crippen molar-refractivity contribution in [3.8, 4) is 17.2 Å². The maximum atomic E-state index is 12.7. The second-order valence-electron chi connectivity index (χ2n) is 6.80. The Morgan fingerprint density at radius 1 is 0.963 bits per heavy atom. The molecule has 0 aromatic heterocycles. The van der Waals surface area contributed by atoms with Gasteiger partial charge in [0.2, 0.25) is 0 Å². The van der Waals surface area contributed by atoms with Gasteiger partial charge in [0.15, 0.2) is 6.10 Å². The molecule has 0 spiro atoms. The van der Waals surface area contributed by atoms with Crippen LogP contribution >= 0.6 is 0 Å². The maximum Gasteiger partial charge on any atom is 0.261 e. The van der Waals surface area contributed by atoms with E-state index in [0.717, 1.165) is 28.0 Å². The number of carbonyl (C=O) groups is 1. The predicted molar refractivity (Wildman–Crippen MR) is 107 cm³/mol. The van der Waals surface area contributed by atoms with E-state index in [4.69, 9.17) is 14.2 Å². The van der Waals surface area contributed by atoms with Crippen LogP contribution in [0.5, 0.6) is 17.2 Å². The summed E-state index contributed by atoms with van der Waals surface area (Å²) in [6, 6.07) is 9.32. The van der Waals surface area contributed by atoms with E-state index in [9.17, 15) is 4.79 Å². The van der Waals surface area contributed by atoms with Gasteiger partial charge in [0.05, 0.1) is 20.3 Å². The van der Waals surface area contributed by atoms with E-state index in [-0.39, 0.29) is 11.9 Å². The molecule has 146 valence electrons. The van der Waals surface area contributed by atoms with Crippen LogP contribution < -0.4 is 19.5 Å². The van der Waals surface area contributed by atoms with Crippen molar-refractivity contribution in [1.82, 2.24) is 5.32 Å². The van der Waals surface area contributed by atoms with Gasteiger partial charge in [-0.15, -0.1) is 0 Å². The fraction of sp³-hybridized carbons (Fsp3) is 0.409. The first-order valence-electron chi connectivity index (χ1n) is 9.03. The number of amides is 1. The van der Waals surface area contributed by atoms with E-state index >= 15 is 0 Å². The van der Waals surface area contributed by atoms with Gasteiger partial charge in [-0.25, -0.2) is 0 Å². The molecule has 0 aliphatic rings. The van der Waals surface area contributed by atoms with Crippen LogP contribution in [0.15, 0.2) is 30.3 Å². The van der Waals surface area contributed by atoms with Crippen molar-refractivity contribution in [3.63, 3.8) is 0 Å². The Labute approximate surface area is 161 Å². The molecule has 2 unspecified atom stereocenters. The maximum absolute atomic E-state index is 12.7. The standard InChI is InChI=1S/C22H29NO4/c1-13-10-14(2)15(3)21(11-13)27-17(5)22(24)23-16(4)19-12-18(25-6)8-9-20(19)26-7/h8-12,16-17H,1-7H3,(H,23,24). The molecular weight excluding hydrogens is 342 g/mol. The summed E-state index contributed by atoms with van der Waals surface area (Å²) in [6.07, 6.45) is -0.621. The Morgan fingerprint density at radius 3 is 2.30 bits per heavy atom. The highest BCUT2D eigenvalue weighted by molar-refractivity contribution is 5.81. The summed E-state index contributed by atoms with van der Waals surface area (Å²) in [5.41, 5.74) is 4.14. The second-order valence-corrected chi connectivity index (χ2v) is 6.80. The Bertz CT molecular complexity index is 816.